The Hall–Kier alpha value is -1.22. The maximum atomic E-state index is 14.0. The van der Waals surface area contributed by atoms with Crippen molar-refractivity contribution in [1.82, 2.24) is 0 Å². The first-order valence-corrected chi connectivity index (χ1v) is 7.04. The van der Waals surface area contributed by atoms with Gasteiger partial charge in [0.1, 0.15) is 11.6 Å². The molecule has 19 heavy (non-hydrogen) atoms. The van der Waals surface area contributed by atoms with Crippen LogP contribution in [-0.2, 0) is 6.42 Å². The van der Waals surface area contributed by atoms with Crippen LogP contribution < -0.4 is 0 Å². The van der Waals surface area contributed by atoms with Gasteiger partial charge in [-0.2, -0.15) is 0 Å². The Morgan fingerprint density at radius 2 is 1.63 bits per heavy atom. The van der Waals surface area contributed by atoms with Crippen molar-refractivity contribution in [3.05, 3.63) is 70.3 Å². The summed E-state index contributed by atoms with van der Waals surface area (Å²) in [6.45, 7) is 3.65. The third-order valence-corrected chi connectivity index (χ3v) is 3.95. The predicted octanol–water partition coefficient (Wildman–Crippen LogP) is 5.26. The molecule has 2 aromatic carbocycles. The van der Waals surface area contributed by atoms with E-state index in [4.69, 9.17) is 0 Å². The molecule has 1 unspecified atom stereocenters. The molecular formula is C16H15BrF2. The number of halogens is 3. The molecule has 0 saturated carbocycles. The molecule has 0 aliphatic heterocycles. The summed E-state index contributed by atoms with van der Waals surface area (Å²) >= 11 is 3.40. The molecule has 2 aromatic rings. The van der Waals surface area contributed by atoms with E-state index in [0.29, 0.717) is 12.0 Å². The van der Waals surface area contributed by atoms with Gasteiger partial charge in [0.25, 0.3) is 0 Å². The highest BCUT2D eigenvalue weighted by Gasteiger charge is 2.19. The molecule has 3 heteroatoms. The van der Waals surface area contributed by atoms with Crippen molar-refractivity contribution in [3.63, 3.8) is 0 Å². The first-order valence-electron chi connectivity index (χ1n) is 6.13. The van der Waals surface area contributed by atoms with Gasteiger partial charge in [-0.25, -0.2) is 8.78 Å². The van der Waals surface area contributed by atoms with Gasteiger partial charge >= 0.3 is 0 Å². The highest BCUT2D eigenvalue weighted by molar-refractivity contribution is 9.09. The van der Waals surface area contributed by atoms with Gasteiger partial charge in [-0.15, -0.1) is 0 Å². The molecule has 0 N–H and O–H groups in total. The van der Waals surface area contributed by atoms with Crippen LogP contribution in [0.15, 0.2) is 36.4 Å². The van der Waals surface area contributed by atoms with Crippen molar-refractivity contribution in [2.24, 2.45) is 0 Å². The Balaban J connectivity index is 2.27. The third kappa shape index (κ3) is 3.21. The normalized spacial score (nSPS) is 12.5. The Morgan fingerprint density at radius 3 is 2.26 bits per heavy atom. The van der Waals surface area contributed by atoms with Crippen LogP contribution in [0.5, 0.6) is 0 Å². The number of alkyl halides is 1. The van der Waals surface area contributed by atoms with Crippen LogP contribution in [0.2, 0.25) is 0 Å². The Kier molecular flexibility index (Phi) is 4.35. The van der Waals surface area contributed by atoms with E-state index in [-0.39, 0.29) is 10.4 Å². The minimum absolute atomic E-state index is 0.112. The van der Waals surface area contributed by atoms with Crippen molar-refractivity contribution in [3.8, 4) is 0 Å². The summed E-state index contributed by atoms with van der Waals surface area (Å²) in [5.41, 5.74) is 2.79. The van der Waals surface area contributed by atoms with Gasteiger partial charge < -0.3 is 0 Å². The average molecular weight is 325 g/mol. The standard InChI is InChI=1S/C16H15BrF2/c1-10-3-6-12(7-4-10)9-13(17)15-14(18)8-5-11(2)16(15)19/h3-8,13H,9H2,1-2H3. The molecule has 0 radical (unpaired) electrons. The Labute approximate surface area is 120 Å². The molecule has 0 spiro atoms. The van der Waals surface area contributed by atoms with Crippen molar-refractivity contribution in [2.45, 2.75) is 25.1 Å². The molecule has 0 fully saturated rings. The lowest BCUT2D eigenvalue weighted by molar-refractivity contribution is 0.548. The quantitative estimate of drug-likeness (QED) is 0.675. The molecule has 0 saturated heterocycles. The van der Waals surface area contributed by atoms with Crippen LogP contribution in [-0.4, -0.2) is 0 Å². The van der Waals surface area contributed by atoms with Crippen LogP contribution in [0.1, 0.15) is 27.1 Å². The monoisotopic (exact) mass is 324 g/mol. The summed E-state index contributed by atoms with van der Waals surface area (Å²) < 4.78 is 27.8. The lowest BCUT2D eigenvalue weighted by Crippen LogP contribution is -2.04. The van der Waals surface area contributed by atoms with E-state index >= 15 is 0 Å². The summed E-state index contributed by atoms with van der Waals surface area (Å²) in [5.74, 6) is -0.967. The lowest BCUT2D eigenvalue weighted by atomic mass is 10.0. The summed E-state index contributed by atoms with van der Waals surface area (Å²) in [5, 5.41) is 0. The van der Waals surface area contributed by atoms with Crippen LogP contribution in [0, 0.1) is 25.5 Å². The highest BCUT2D eigenvalue weighted by atomic mass is 79.9. The Morgan fingerprint density at radius 1 is 1.00 bits per heavy atom. The maximum Gasteiger partial charge on any atom is 0.133 e. The van der Waals surface area contributed by atoms with Gasteiger partial charge in [0.05, 0.1) is 0 Å². The fraction of sp³-hybridized carbons (Fsp3) is 0.250. The smallest absolute Gasteiger partial charge is 0.133 e. The summed E-state index contributed by atoms with van der Waals surface area (Å²) in [4.78, 5) is -0.366. The molecular weight excluding hydrogens is 310 g/mol. The van der Waals surface area contributed by atoms with E-state index in [9.17, 15) is 8.78 Å². The van der Waals surface area contributed by atoms with Gasteiger partial charge in [0.2, 0.25) is 0 Å². The van der Waals surface area contributed by atoms with Crippen molar-refractivity contribution >= 4 is 15.9 Å². The molecule has 0 bridgehead atoms. The molecule has 0 amide bonds. The van der Waals surface area contributed by atoms with Crippen molar-refractivity contribution < 1.29 is 8.78 Å². The molecule has 0 aliphatic carbocycles. The first kappa shape index (κ1) is 14.2. The first-order chi connectivity index (χ1) is 8.99. The van der Waals surface area contributed by atoms with Gasteiger partial charge in [0.15, 0.2) is 0 Å². The molecule has 1 atom stereocenters. The summed E-state index contributed by atoms with van der Waals surface area (Å²) in [6, 6.07) is 10.7. The van der Waals surface area contributed by atoms with Gasteiger partial charge in [-0.3, -0.25) is 0 Å². The number of rotatable bonds is 3. The fourth-order valence-electron chi connectivity index (χ4n) is 2.00. The highest BCUT2D eigenvalue weighted by Crippen LogP contribution is 2.32. The lowest BCUT2D eigenvalue weighted by Gasteiger charge is -2.14. The molecule has 100 valence electrons. The minimum atomic E-state index is -0.503. The fourth-order valence-corrected chi connectivity index (χ4v) is 2.79. The third-order valence-electron chi connectivity index (χ3n) is 3.17. The molecule has 0 aliphatic rings. The van der Waals surface area contributed by atoms with E-state index in [1.54, 1.807) is 6.92 Å². The second-order valence-corrected chi connectivity index (χ2v) is 5.85. The van der Waals surface area contributed by atoms with Gasteiger partial charge in [0, 0.05) is 10.4 Å². The van der Waals surface area contributed by atoms with Crippen molar-refractivity contribution in [2.75, 3.05) is 0 Å². The zero-order valence-corrected chi connectivity index (χ0v) is 12.5. The van der Waals surface area contributed by atoms with Crippen LogP contribution >= 0.6 is 15.9 Å². The topological polar surface area (TPSA) is 0 Å². The predicted molar refractivity (Wildman–Crippen MR) is 77.6 cm³/mol. The molecule has 0 aromatic heterocycles. The van der Waals surface area contributed by atoms with Gasteiger partial charge in [-0.1, -0.05) is 51.8 Å². The second-order valence-electron chi connectivity index (χ2n) is 4.75. The largest absolute Gasteiger partial charge is 0.207 e. The van der Waals surface area contributed by atoms with Crippen LogP contribution in [0.25, 0.3) is 0 Å². The SMILES string of the molecule is Cc1ccc(CC(Br)c2c(F)ccc(C)c2F)cc1. The summed E-state index contributed by atoms with van der Waals surface area (Å²) in [6.07, 6.45) is 0.553. The number of aryl methyl sites for hydroxylation is 2. The minimum Gasteiger partial charge on any atom is -0.207 e. The van der Waals surface area contributed by atoms with Gasteiger partial charge in [-0.05, 0) is 37.5 Å². The van der Waals surface area contributed by atoms with E-state index in [2.05, 4.69) is 15.9 Å². The zero-order chi connectivity index (χ0) is 14.0. The van der Waals surface area contributed by atoms with E-state index in [1.807, 2.05) is 31.2 Å². The summed E-state index contributed by atoms with van der Waals surface area (Å²) in [7, 11) is 0. The van der Waals surface area contributed by atoms with E-state index in [1.165, 1.54) is 17.7 Å². The Bertz CT molecular complexity index is 576. The average Bonchev–Trinajstić information content (AvgIpc) is 2.37. The maximum absolute atomic E-state index is 14.0. The number of benzene rings is 2. The van der Waals surface area contributed by atoms with E-state index < -0.39 is 11.6 Å². The van der Waals surface area contributed by atoms with Crippen LogP contribution in [0.3, 0.4) is 0 Å². The molecule has 0 heterocycles. The second kappa shape index (κ2) is 5.83. The zero-order valence-electron chi connectivity index (χ0n) is 10.9. The van der Waals surface area contributed by atoms with E-state index in [0.717, 1.165) is 5.56 Å². The van der Waals surface area contributed by atoms with Crippen LogP contribution in [0.4, 0.5) is 8.78 Å². The molecule has 0 nitrogen and oxygen atoms in total. The molecule has 2 rings (SSSR count). The van der Waals surface area contributed by atoms with Crippen molar-refractivity contribution in [1.29, 1.82) is 0 Å². The number of hydrogen-bond acceptors (Lipinski definition) is 0. The number of hydrogen-bond donors (Lipinski definition) is 0.